The average molecular weight is 318 g/mol. The lowest BCUT2D eigenvalue weighted by Crippen LogP contribution is -1.95. The number of aromatic nitrogens is 3. The van der Waals surface area contributed by atoms with Gasteiger partial charge in [0.25, 0.3) is 0 Å². The zero-order valence-electron chi connectivity index (χ0n) is 7.89. The van der Waals surface area contributed by atoms with Crippen LogP contribution in [0.3, 0.4) is 0 Å². The average Bonchev–Trinajstić information content (AvgIpc) is 2.28. The summed E-state index contributed by atoms with van der Waals surface area (Å²) in [5, 5.41) is 1.95. The second kappa shape index (κ2) is 4.99. The number of nitrogen functional groups attached to an aromatic ring is 1. The molecule has 0 atom stereocenters. The van der Waals surface area contributed by atoms with Gasteiger partial charge in [0.2, 0.25) is 0 Å². The molecule has 2 aromatic heterocycles. The minimum Gasteiger partial charge on any atom is -0.383 e. The maximum absolute atomic E-state index is 5.99. The van der Waals surface area contributed by atoms with E-state index in [4.69, 9.17) is 17.3 Å². The van der Waals surface area contributed by atoms with Crippen molar-refractivity contribution < 1.29 is 0 Å². The molecule has 0 spiro atoms. The van der Waals surface area contributed by atoms with Crippen molar-refractivity contribution in [1.82, 2.24) is 15.0 Å². The van der Waals surface area contributed by atoms with Gasteiger partial charge in [-0.25, -0.2) is 15.0 Å². The molecule has 0 saturated carbocycles. The van der Waals surface area contributed by atoms with Gasteiger partial charge in [0.1, 0.15) is 22.2 Å². The summed E-state index contributed by atoms with van der Waals surface area (Å²) in [6.45, 7) is 0. The number of halogens is 2. The van der Waals surface area contributed by atoms with Crippen LogP contribution in [0.2, 0.25) is 5.02 Å². The van der Waals surface area contributed by atoms with Gasteiger partial charge in [-0.1, -0.05) is 11.6 Å². The molecule has 0 aliphatic heterocycles. The highest BCUT2D eigenvalue weighted by Gasteiger charge is 2.10. The van der Waals surface area contributed by atoms with Crippen molar-refractivity contribution in [2.24, 2.45) is 0 Å². The molecule has 0 bridgehead atoms. The van der Waals surface area contributed by atoms with Gasteiger partial charge >= 0.3 is 0 Å². The Labute approximate surface area is 110 Å². The Morgan fingerprint density at radius 2 is 2.06 bits per heavy atom. The van der Waals surface area contributed by atoms with Crippen LogP contribution in [0.25, 0.3) is 0 Å². The van der Waals surface area contributed by atoms with E-state index in [2.05, 4.69) is 30.9 Å². The highest BCUT2D eigenvalue weighted by atomic mass is 79.9. The van der Waals surface area contributed by atoms with Crippen molar-refractivity contribution in [1.29, 1.82) is 0 Å². The first kappa shape index (κ1) is 11.6. The van der Waals surface area contributed by atoms with Gasteiger partial charge in [-0.2, -0.15) is 0 Å². The fourth-order valence-electron chi connectivity index (χ4n) is 0.975. The lowest BCUT2D eigenvalue weighted by molar-refractivity contribution is 1.02. The van der Waals surface area contributed by atoms with Gasteiger partial charge in [-0.15, -0.1) is 0 Å². The van der Waals surface area contributed by atoms with Crippen LogP contribution in [0.1, 0.15) is 0 Å². The van der Waals surface area contributed by atoms with E-state index in [0.29, 0.717) is 25.4 Å². The third-order valence-corrected chi connectivity index (χ3v) is 4.19. The van der Waals surface area contributed by atoms with Crippen molar-refractivity contribution in [2.45, 2.75) is 10.1 Å². The second-order valence-corrected chi connectivity index (χ2v) is 4.95. The van der Waals surface area contributed by atoms with E-state index in [1.165, 1.54) is 18.1 Å². The molecule has 2 N–H and O–H groups in total. The summed E-state index contributed by atoms with van der Waals surface area (Å²) < 4.78 is 0.654. The molecule has 0 fully saturated rings. The number of pyridine rings is 1. The molecule has 2 rings (SSSR count). The zero-order chi connectivity index (χ0) is 11.5. The molecule has 2 heterocycles. The topological polar surface area (TPSA) is 64.7 Å². The van der Waals surface area contributed by atoms with E-state index < -0.39 is 0 Å². The Bertz CT molecular complexity index is 523. The fourth-order valence-corrected chi connectivity index (χ4v) is 2.42. The Morgan fingerprint density at radius 1 is 1.25 bits per heavy atom. The van der Waals surface area contributed by atoms with Crippen LogP contribution in [0.4, 0.5) is 5.82 Å². The molecule has 4 nitrogen and oxygen atoms in total. The molecule has 0 saturated heterocycles. The first-order valence-corrected chi connectivity index (χ1v) is 6.21. The molecule has 0 amide bonds. The van der Waals surface area contributed by atoms with Crippen molar-refractivity contribution in [3.05, 3.63) is 34.2 Å². The van der Waals surface area contributed by atoms with E-state index in [9.17, 15) is 0 Å². The zero-order valence-corrected chi connectivity index (χ0v) is 11.1. The summed E-state index contributed by atoms with van der Waals surface area (Å²) in [7, 11) is 0. The first-order valence-electron chi connectivity index (χ1n) is 4.23. The van der Waals surface area contributed by atoms with Crippen molar-refractivity contribution in [3.8, 4) is 0 Å². The molecule has 7 heteroatoms. The summed E-state index contributed by atoms with van der Waals surface area (Å²) in [5.41, 5.74) is 5.65. The molecule has 0 aromatic carbocycles. The highest BCUT2D eigenvalue weighted by molar-refractivity contribution is 9.10. The molecule has 16 heavy (non-hydrogen) atoms. The number of rotatable bonds is 2. The van der Waals surface area contributed by atoms with Crippen molar-refractivity contribution in [2.75, 3.05) is 5.73 Å². The minimum atomic E-state index is 0.393. The van der Waals surface area contributed by atoms with E-state index >= 15 is 0 Å². The second-order valence-electron chi connectivity index (χ2n) is 2.77. The molecule has 0 aliphatic carbocycles. The van der Waals surface area contributed by atoms with Gasteiger partial charge < -0.3 is 5.73 Å². The lowest BCUT2D eigenvalue weighted by atomic mass is 10.5. The van der Waals surface area contributed by atoms with Crippen molar-refractivity contribution in [3.63, 3.8) is 0 Å². The maximum atomic E-state index is 5.99. The first-order chi connectivity index (χ1) is 7.68. The molecule has 0 unspecified atom stereocenters. The largest absolute Gasteiger partial charge is 0.383 e. The molecular formula is C9H6BrClN4S. The van der Waals surface area contributed by atoms with E-state index in [1.54, 1.807) is 18.3 Å². The van der Waals surface area contributed by atoms with Gasteiger partial charge in [0.05, 0.1) is 9.50 Å². The quantitative estimate of drug-likeness (QED) is 0.863. The summed E-state index contributed by atoms with van der Waals surface area (Å²) in [6, 6.07) is 3.55. The molecule has 0 aliphatic rings. The standard InChI is InChI=1S/C9H6BrClN4S/c10-6-7(12)14-4-15-9(6)16-8-5(11)2-1-3-13-8/h1-4H,(H2,12,14,15). The predicted octanol–water partition coefficient (Wildman–Crippen LogP) is 3.02. The SMILES string of the molecule is Nc1ncnc(Sc2ncccc2Cl)c1Br. The van der Waals surface area contributed by atoms with Crippen LogP contribution in [0.15, 0.2) is 39.2 Å². The van der Waals surface area contributed by atoms with Crippen LogP contribution < -0.4 is 5.73 Å². The third kappa shape index (κ3) is 2.45. The minimum absolute atomic E-state index is 0.393. The highest BCUT2D eigenvalue weighted by Crippen LogP contribution is 2.35. The van der Waals surface area contributed by atoms with Gasteiger partial charge in [-0.05, 0) is 39.8 Å². The van der Waals surface area contributed by atoms with Gasteiger partial charge in [-0.3, -0.25) is 0 Å². The summed E-state index contributed by atoms with van der Waals surface area (Å²) in [4.78, 5) is 12.1. The van der Waals surface area contributed by atoms with Crippen LogP contribution >= 0.6 is 39.3 Å². The smallest absolute Gasteiger partial charge is 0.142 e. The molecule has 82 valence electrons. The van der Waals surface area contributed by atoms with E-state index in [0.717, 1.165) is 0 Å². The number of nitrogens with two attached hydrogens (primary N) is 1. The van der Waals surface area contributed by atoms with Crippen LogP contribution in [0.5, 0.6) is 0 Å². The number of nitrogens with zero attached hydrogens (tertiary/aromatic N) is 3. The molecular weight excluding hydrogens is 312 g/mol. The number of hydrogen-bond acceptors (Lipinski definition) is 5. The predicted molar refractivity (Wildman–Crippen MR) is 67.5 cm³/mol. The molecule has 2 aromatic rings. The summed E-state index contributed by atoms with van der Waals surface area (Å²) in [5.74, 6) is 0.393. The van der Waals surface area contributed by atoms with Gasteiger partial charge in [0.15, 0.2) is 0 Å². The van der Waals surface area contributed by atoms with Crippen LogP contribution in [-0.4, -0.2) is 15.0 Å². The van der Waals surface area contributed by atoms with Crippen LogP contribution in [-0.2, 0) is 0 Å². The normalized spacial score (nSPS) is 10.4. The van der Waals surface area contributed by atoms with E-state index in [-0.39, 0.29) is 0 Å². The Balaban J connectivity index is 2.35. The number of hydrogen-bond donors (Lipinski definition) is 1. The molecule has 0 radical (unpaired) electrons. The Kier molecular flexibility index (Phi) is 3.63. The Hall–Kier alpha value is -0.850. The maximum Gasteiger partial charge on any atom is 0.142 e. The lowest BCUT2D eigenvalue weighted by Gasteiger charge is -2.04. The van der Waals surface area contributed by atoms with Crippen molar-refractivity contribution >= 4 is 45.1 Å². The number of anilines is 1. The summed E-state index contributed by atoms with van der Waals surface area (Å²) in [6.07, 6.45) is 3.08. The van der Waals surface area contributed by atoms with Crippen LogP contribution in [0, 0.1) is 0 Å². The monoisotopic (exact) mass is 316 g/mol. The van der Waals surface area contributed by atoms with Gasteiger partial charge in [0, 0.05) is 6.20 Å². The third-order valence-electron chi connectivity index (χ3n) is 1.70. The summed E-state index contributed by atoms with van der Waals surface area (Å²) >= 11 is 10.6. The fraction of sp³-hybridized carbons (Fsp3) is 0. The Morgan fingerprint density at radius 3 is 2.81 bits per heavy atom. The van der Waals surface area contributed by atoms with E-state index in [1.807, 2.05) is 0 Å².